The van der Waals surface area contributed by atoms with Gasteiger partial charge in [0.25, 0.3) is 0 Å². The first-order valence-electron chi connectivity index (χ1n) is 4.14. The lowest BCUT2D eigenvalue weighted by atomic mass is 10.1. The molecule has 96 valence electrons. The Bertz CT molecular complexity index is 419. The van der Waals surface area contributed by atoms with E-state index in [0.29, 0.717) is 6.07 Å². The maximum Gasteiger partial charge on any atom is 0.573 e. The Morgan fingerprint density at radius 2 is 1.53 bits per heavy atom. The van der Waals surface area contributed by atoms with E-state index in [1.807, 2.05) is 0 Å². The fourth-order valence-corrected chi connectivity index (χ4v) is 1.09. The molecule has 0 N–H and O–H groups in total. The minimum atomic E-state index is -5.27. The summed E-state index contributed by atoms with van der Waals surface area (Å²) < 4.78 is 88.6. The molecule has 0 aliphatic carbocycles. The van der Waals surface area contributed by atoms with Crippen molar-refractivity contribution in [1.82, 2.24) is 0 Å². The molecule has 0 radical (unpaired) electrons. The van der Waals surface area contributed by atoms with Crippen molar-refractivity contribution in [3.63, 3.8) is 0 Å². The van der Waals surface area contributed by atoms with Gasteiger partial charge in [-0.2, -0.15) is 13.2 Å². The summed E-state index contributed by atoms with van der Waals surface area (Å²) in [6.07, 6.45) is -10.4. The predicted octanol–water partition coefficient (Wildman–Crippen LogP) is 4.05. The topological polar surface area (TPSA) is 9.23 Å². The molecule has 8 heteroatoms. The highest BCUT2D eigenvalue weighted by Crippen LogP contribution is 2.39. The summed E-state index contributed by atoms with van der Waals surface area (Å²) in [5, 5.41) is 0. The van der Waals surface area contributed by atoms with Crippen LogP contribution in [0.1, 0.15) is 11.1 Å². The maximum atomic E-state index is 12.9. The smallest absolute Gasteiger partial charge is 0.405 e. The van der Waals surface area contributed by atoms with Gasteiger partial charge in [-0.05, 0) is 24.6 Å². The molecule has 0 aromatic heterocycles. The molecule has 17 heavy (non-hydrogen) atoms. The van der Waals surface area contributed by atoms with Crippen molar-refractivity contribution >= 4 is 0 Å². The highest BCUT2D eigenvalue weighted by atomic mass is 19.4. The van der Waals surface area contributed by atoms with Crippen molar-refractivity contribution in [2.75, 3.05) is 0 Å². The van der Waals surface area contributed by atoms with Gasteiger partial charge >= 0.3 is 12.5 Å². The summed E-state index contributed by atoms with van der Waals surface area (Å²) >= 11 is 0. The summed E-state index contributed by atoms with van der Waals surface area (Å²) in [7, 11) is 0. The zero-order valence-electron chi connectivity index (χ0n) is 8.21. The van der Waals surface area contributed by atoms with Gasteiger partial charge in [-0.1, -0.05) is 0 Å². The van der Waals surface area contributed by atoms with E-state index < -0.39 is 29.7 Å². The van der Waals surface area contributed by atoms with Crippen molar-refractivity contribution in [2.45, 2.75) is 19.5 Å². The molecule has 0 bridgehead atoms. The molecule has 0 atom stereocenters. The van der Waals surface area contributed by atoms with E-state index in [1.165, 1.54) is 0 Å². The quantitative estimate of drug-likeness (QED) is 0.694. The molecule has 0 spiro atoms. The van der Waals surface area contributed by atoms with Crippen molar-refractivity contribution in [3.8, 4) is 5.75 Å². The van der Waals surface area contributed by atoms with Gasteiger partial charge in [0.2, 0.25) is 0 Å². The van der Waals surface area contributed by atoms with Gasteiger partial charge in [0.1, 0.15) is 17.1 Å². The fraction of sp³-hybridized carbons (Fsp3) is 0.333. The van der Waals surface area contributed by atoms with Gasteiger partial charge in [-0.15, -0.1) is 13.2 Å². The van der Waals surface area contributed by atoms with Crippen LogP contribution in [0.15, 0.2) is 12.1 Å². The van der Waals surface area contributed by atoms with Gasteiger partial charge in [-0.25, -0.2) is 4.39 Å². The van der Waals surface area contributed by atoms with Crippen LogP contribution in [0.3, 0.4) is 0 Å². The third kappa shape index (κ3) is 3.50. The molecule has 0 aliphatic heterocycles. The first-order valence-corrected chi connectivity index (χ1v) is 4.14. The van der Waals surface area contributed by atoms with Crippen LogP contribution >= 0.6 is 0 Å². The number of rotatable bonds is 1. The molecule has 0 saturated heterocycles. The van der Waals surface area contributed by atoms with E-state index in [1.54, 1.807) is 0 Å². The first kappa shape index (κ1) is 13.6. The van der Waals surface area contributed by atoms with Gasteiger partial charge in [0.05, 0.1) is 0 Å². The fourth-order valence-electron chi connectivity index (χ4n) is 1.09. The van der Waals surface area contributed by atoms with Crippen molar-refractivity contribution in [3.05, 3.63) is 29.1 Å². The number of hydrogen-bond donors (Lipinski definition) is 0. The van der Waals surface area contributed by atoms with E-state index in [0.717, 1.165) is 6.92 Å². The SMILES string of the molecule is Cc1cc(OC(F)(F)F)c(C(F)(F)F)cc1F. The van der Waals surface area contributed by atoms with Crippen LogP contribution in [0.4, 0.5) is 30.7 Å². The average Bonchev–Trinajstić information content (AvgIpc) is 2.06. The van der Waals surface area contributed by atoms with Crippen molar-refractivity contribution in [1.29, 1.82) is 0 Å². The molecule has 1 rings (SSSR count). The number of aryl methyl sites for hydroxylation is 1. The minimum Gasteiger partial charge on any atom is -0.405 e. The van der Waals surface area contributed by atoms with Gasteiger partial charge in [-0.3, -0.25) is 0 Å². The van der Waals surface area contributed by atoms with Crippen molar-refractivity contribution < 1.29 is 35.5 Å². The highest BCUT2D eigenvalue weighted by Gasteiger charge is 2.40. The number of halogens is 7. The van der Waals surface area contributed by atoms with Crippen LogP contribution in [0, 0.1) is 12.7 Å². The first-order chi connectivity index (χ1) is 7.50. The zero-order chi connectivity index (χ0) is 13.4. The molecule has 1 aromatic carbocycles. The second kappa shape index (κ2) is 4.08. The standard InChI is InChI=1S/C9H5F7O/c1-4-2-7(17-9(14,15)16)5(3-6(4)10)8(11,12)13/h2-3H,1H3. The molecule has 0 aliphatic rings. The Kier molecular flexibility index (Phi) is 3.26. The summed E-state index contributed by atoms with van der Waals surface area (Å²) in [6, 6.07) is 0.321. The number of alkyl halides is 6. The van der Waals surface area contributed by atoms with Crippen LogP contribution in [0.5, 0.6) is 5.75 Å². The number of ether oxygens (including phenoxy) is 1. The molecule has 0 unspecified atom stereocenters. The Hall–Kier alpha value is -1.47. The van der Waals surface area contributed by atoms with E-state index in [4.69, 9.17) is 0 Å². The van der Waals surface area contributed by atoms with Gasteiger partial charge in [0, 0.05) is 0 Å². The molecule has 1 nitrogen and oxygen atoms in total. The lowest BCUT2D eigenvalue weighted by Crippen LogP contribution is -2.20. The Morgan fingerprint density at radius 3 is 1.94 bits per heavy atom. The Labute approximate surface area is 90.8 Å². The third-order valence-corrected chi connectivity index (χ3v) is 1.79. The summed E-state index contributed by atoms with van der Waals surface area (Å²) in [4.78, 5) is 0. The molecule has 0 amide bonds. The second-order valence-corrected chi connectivity index (χ2v) is 3.14. The van der Waals surface area contributed by atoms with Crippen LogP contribution in [-0.2, 0) is 6.18 Å². The molecule has 1 aromatic rings. The largest absolute Gasteiger partial charge is 0.573 e. The van der Waals surface area contributed by atoms with Crippen LogP contribution in [0.2, 0.25) is 0 Å². The average molecular weight is 262 g/mol. The molecule has 0 heterocycles. The molecule has 0 fully saturated rings. The van der Waals surface area contributed by atoms with E-state index in [9.17, 15) is 30.7 Å². The maximum absolute atomic E-state index is 12.9. The van der Waals surface area contributed by atoms with E-state index in [-0.39, 0.29) is 11.6 Å². The summed E-state index contributed by atoms with van der Waals surface area (Å²) in [5.74, 6) is -2.73. The number of benzene rings is 1. The molecular weight excluding hydrogens is 257 g/mol. The Balaban J connectivity index is 3.32. The van der Waals surface area contributed by atoms with Crippen LogP contribution < -0.4 is 4.74 Å². The van der Waals surface area contributed by atoms with E-state index in [2.05, 4.69) is 4.74 Å². The lowest BCUT2D eigenvalue weighted by Gasteiger charge is -2.16. The molecule has 0 saturated carbocycles. The summed E-state index contributed by atoms with van der Waals surface area (Å²) in [5.41, 5.74) is -2.19. The normalized spacial score (nSPS) is 12.7. The minimum absolute atomic E-state index is 0.0313. The predicted molar refractivity (Wildman–Crippen MR) is 42.8 cm³/mol. The van der Waals surface area contributed by atoms with Gasteiger partial charge in [0.15, 0.2) is 0 Å². The third-order valence-electron chi connectivity index (χ3n) is 1.79. The van der Waals surface area contributed by atoms with Crippen LogP contribution in [0.25, 0.3) is 0 Å². The van der Waals surface area contributed by atoms with E-state index >= 15 is 0 Å². The highest BCUT2D eigenvalue weighted by molar-refractivity contribution is 5.40. The monoisotopic (exact) mass is 262 g/mol. The number of hydrogen-bond acceptors (Lipinski definition) is 1. The van der Waals surface area contributed by atoms with Crippen LogP contribution in [-0.4, -0.2) is 6.36 Å². The van der Waals surface area contributed by atoms with Gasteiger partial charge < -0.3 is 4.74 Å². The van der Waals surface area contributed by atoms with Crippen molar-refractivity contribution in [2.24, 2.45) is 0 Å². The zero-order valence-corrected chi connectivity index (χ0v) is 8.21. The molecular formula is C9H5F7O. The lowest BCUT2D eigenvalue weighted by molar-refractivity contribution is -0.276. The Morgan fingerprint density at radius 1 is 1.00 bits per heavy atom. The summed E-state index contributed by atoms with van der Waals surface area (Å²) in [6.45, 7) is 1.03. The second-order valence-electron chi connectivity index (χ2n) is 3.14.